The molecule has 3 rings (SSSR count). The predicted molar refractivity (Wildman–Crippen MR) is 80.8 cm³/mol. The molecule has 3 heterocycles. The Kier molecular flexibility index (Phi) is 4.26. The minimum atomic E-state index is -0.0399. The molecule has 1 N–H and O–H groups in total. The maximum absolute atomic E-state index is 6.08. The molecule has 21 heavy (non-hydrogen) atoms. The predicted octanol–water partition coefficient (Wildman–Crippen LogP) is 1.22. The van der Waals surface area contributed by atoms with E-state index in [1.165, 1.54) is 0 Å². The first-order valence-corrected chi connectivity index (χ1v) is 7.76. The van der Waals surface area contributed by atoms with E-state index < -0.39 is 0 Å². The number of aromatic nitrogens is 2. The van der Waals surface area contributed by atoms with Crippen LogP contribution in [0.5, 0.6) is 5.88 Å². The van der Waals surface area contributed by atoms with E-state index in [1.807, 2.05) is 19.9 Å². The van der Waals surface area contributed by atoms with E-state index in [4.69, 9.17) is 9.47 Å². The lowest BCUT2D eigenvalue weighted by Gasteiger charge is -2.45. The second kappa shape index (κ2) is 6.15. The van der Waals surface area contributed by atoms with Crippen molar-refractivity contribution in [2.24, 2.45) is 0 Å². The maximum Gasteiger partial charge on any atom is 0.228 e. The van der Waals surface area contributed by atoms with Crippen LogP contribution >= 0.6 is 0 Å². The van der Waals surface area contributed by atoms with Crippen molar-refractivity contribution in [2.45, 2.75) is 38.4 Å². The Morgan fingerprint density at radius 1 is 1.38 bits per heavy atom. The summed E-state index contributed by atoms with van der Waals surface area (Å²) in [5, 5.41) is 3.39. The highest BCUT2D eigenvalue weighted by atomic mass is 16.5. The van der Waals surface area contributed by atoms with Gasteiger partial charge in [-0.1, -0.05) is 0 Å². The third kappa shape index (κ3) is 3.44. The molecular weight excluding hydrogens is 268 g/mol. The quantitative estimate of drug-likeness (QED) is 0.904. The second-order valence-electron chi connectivity index (χ2n) is 6.06. The zero-order valence-electron chi connectivity index (χ0n) is 12.8. The van der Waals surface area contributed by atoms with Crippen molar-refractivity contribution in [1.82, 2.24) is 15.3 Å². The fourth-order valence-corrected chi connectivity index (χ4v) is 2.99. The summed E-state index contributed by atoms with van der Waals surface area (Å²) in [6, 6.07) is 1.81. The molecule has 1 spiro atoms. The average molecular weight is 292 g/mol. The third-order valence-corrected chi connectivity index (χ3v) is 4.02. The van der Waals surface area contributed by atoms with Gasteiger partial charge in [0, 0.05) is 18.8 Å². The number of hydrogen-bond acceptors (Lipinski definition) is 6. The fraction of sp³-hybridized carbons (Fsp3) is 0.733. The van der Waals surface area contributed by atoms with E-state index >= 15 is 0 Å². The Hall–Kier alpha value is -1.40. The van der Waals surface area contributed by atoms with Crippen LogP contribution in [0.15, 0.2) is 12.3 Å². The number of piperidine rings is 1. The summed E-state index contributed by atoms with van der Waals surface area (Å²) in [7, 11) is 0. The number of morpholine rings is 1. The highest BCUT2D eigenvalue weighted by Crippen LogP contribution is 2.29. The molecule has 0 unspecified atom stereocenters. The van der Waals surface area contributed by atoms with Crippen LogP contribution < -0.4 is 15.0 Å². The molecule has 0 aliphatic carbocycles. The molecule has 0 atom stereocenters. The molecule has 2 saturated heterocycles. The number of nitrogens with zero attached hydrogens (tertiary/aromatic N) is 3. The second-order valence-corrected chi connectivity index (χ2v) is 6.06. The minimum absolute atomic E-state index is 0.0399. The van der Waals surface area contributed by atoms with Gasteiger partial charge in [-0.15, -0.1) is 0 Å². The largest absolute Gasteiger partial charge is 0.475 e. The van der Waals surface area contributed by atoms with E-state index in [-0.39, 0.29) is 11.7 Å². The lowest BCUT2D eigenvalue weighted by Crippen LogP contribution is -2.56. The number of rotatable bonds is 3. The zero-order valence-corrected chi connectivity index (χ0v) is 12.8. The maximum atomic E-state index is 6.08. The molecule has 0 radical (unpaired) electrons. The Balaban J connectivity index is 1.73. The van der Waals surface area contributed by atoms with Crippen molar-refractivity contribution in [1.29, 1.82) is 0 Å². The van der Waals surface area contributed by atoms with Gasteiger partial charge in [0.1, 0.15) is 0 Å². The van der Waals surface area contributed by atoms with Crippen molar-refractivity contribution >= 4 is 5.95 Å². The van der Waals surface area contributed by atoms with Gasteiger partial charge in [-0.25, -0.2) is 4.98 Å². The summed E-state index contributed by atoms with van der Waals surface area (Å²) in [6.07, 6.45) is 3.98. The molecule has 0 saturated carbocycles. The summed E-state index contributed by atoms with van der Waals surface area (Å²) in [5.41, 5.74) is -0.0399. The average Bonchev–Trinajstić information content (AvgIpc) is 2.48. The lowest BCUT2D eigenvalue weighted by atomic mass is 9.90. The first kappa shape index (κ1) is 14.5. The van der Waals surface area contributed by atoms with E-state index in [9.17, 15) is 0 Å². The van der Waals surface area contributed by atoms with Crippen molar-refractivity contribution < 1.29 is 9.47 Å². The molecule has 1 aromatic rings. The van der Waals surface area contributed by atoms with Gasteiger partial charge in [0.15, 0.2) is 0 Å². The van der Waals surface area contributed by atoms with Crippen molar-refractivity contribution in [3.63, 3.8) is 0 Å². The van der Waals surface area contributed by atoms with Crippen LogP contribution in [0.4, 0.5) is 5.95 Å². The molecule has 0 amide bonds. The van der Waals surface area contributed by atoms with Gasteiger partial charge in [-0.2, -0.15) is 4.98 Å². The van der Waals surface area contributed by atoms with Crippen LogP contribution in [-0.2, 0) is 4.74 Å². The van der Waals surface area contributed by atoms with Gasteiger partial charge in [-0.05, 0) is 39.8 Å². The third-order valence-electron chi connectivity index (χ3n) is 4.02. The fourth-order valence-electron chi connectivity index (χ4n) is 2.99. The van der Waals surface area contributed by atoms with Gasteiger partial charge in [-0.3, -0.25) is 0 Å². The van der Waals surface area contributed by atoms with E-state index in [0.29, 0.717) is 5.88 Å². The highest BCUT2D eigenvalue weighted by molar-refractivity contribution is 5.33. The summed E-state index contributed by atoms with van der Waals surface area (Å²) in [5.74, 6) is 1.38. The van der Waals surface area contributed by atoms with Crippen molar-refractivity contribution in [3.8, 4) is 5.88 Å². The molecular formula is C15H24N4O2. The first-order valence-electron chi connectivity index (χ1n) is 7.76. The van der Waals surface area contributed by atoms with Gasteiger partial charge < -0.3 is 19.7 Å². The summed E-state index contributed by atoms with van der Waals surface area (Å²) >= 11 is 0. The van der Waals surface area contributed by atoms with E-state index in [2.05, 4.69) is 20.2 Å². The molecule has 6 heteroatoms. The van der Waals surface area contributed by atoms with Crippen LogP contribution in [0.2, 0.25) is 0 Å². The molecule has 116 valence electrons. The van der Waals surface area contributed by atoms with Gasteiger partial charge >= 0.3 is 0 Å². The van der Waals surface area contributed by atoms with E-state index in [0.717, 1.165) is 51.6 Å². The zero-order chi connectivity index (χ0) is 14.7. The number of ether oxygens (including phenoxy) is 2. The monoisotopic (exact) mass is 292 g/mol. The number of anilines is 1. The summed E-state index contributed by atoms with van der Waals surface area (Å²) in [4.78, 5) is 11.2. The standard InChI is InChI=1S/C15H24N4O2/c1-12(2)21-13-3-6-17-14(18-13)19-9-10-20-15(11-19)4-7-16-8-5-15/h3,6,12,16H,4-5,7-11H2,1-2H3. The van der Waals surface area contributed by atoms with Crippen LogP contribution in [0.3, 0.4) is 0 Å². The lowest BCUT2D eigenvalue weighted by molar-refractivity contribution is -0.0742. The van der Waals surface area contributed by atoms with Gasteiger partial charge in [0.05, 0.1) is 24.9 Å². The van der Waals surface area contributed by atoms with Crippen molar-refractivity contribution in [3.05, 3.63) is 12.3 Å². The highest BCUT2D eigenvalue weighted by Gasteiger charge is 2.38. The van der Waals surface area contributed by atoms with Gasteiger partial charge in [0.2, 0.25) is 11.8 Å². The Labute approximate surface area is 125 Å². The Morgan fingerprint density at radius 3 is 2.95 bits per heavy atom. The molecule has 1 aromatic heterocycles. The van der Waals surface area contributed by atoms with Crippen molar-refractivity contribution in [2.75, 3.05) is 37.7 Å². The first-order chi connectivity index (χ1) is 10.2. The van der Waals surface area contributed by atoms with Crippen LogP contribution in [0.25, 0.3) is 0 Å². The molecule has 0 aromatic carbocycles. The van der Waals surface area contributed by atoms with Crippen LogP contribution in [-0.4, -0.2) is 54.5 Å². The summed E-state index contributed by atoms with van der Waals surface area (Å²) < 4.78 is 11.7. The van der Waals surface area contributed by atoms with Gasteiger partial charge in [0.25, 0.3) is 0 Å². The molecule has 0 bridgehead atoms. The Bertz CT molecular complexity index is 469. The molecule has 6 nitrogen and oxygen atoms in total. The molecule has 2 fully saturated rings. The topological polar surface area (TPSA) is 59.5 Å². The normalized spacial score (nSPS) is 21.8. The molecule has 2 aliphatic heterocycles. The van der Waals surface area contributed by atoms with Crippen LogP contribution in [0.1, 0.15) is 26.7 Å². The number of hydrogen-bond donors (Lipinski definition) is 1. The van der Waals surface area contributed by atoms with E-state index in [1.54, 1.807) is 6.20 Å². The Morgan fingerprint density at radius 2 is 2.19 bits per heavy atom. The summed E-state index contributed by atoms with van der Waals surface area (Å²) in [6.45, 7) is 8.47. The number of nitrogens with one attached hydrogen (secondary N) is 1. The SMILES string of the molecule is CC(C)Oc1ccnc(N2CCOC3(CCNCC3)C2)n1. The smallest absolute Gasteiger partial charge is 0.228 e. The minimum Gasteiger partial charge on any atom is -0.475 e. The van der Waals surface area contributed by atoms with Crippen LogP contribution in [0, 0.1) is 0 Å². The molecule has 2 aliphatic rings.